The molecule has 0 fully saturated rings. The normalized spacial score (nSPS) is 9.50. The van der Waals surface area contributed by atoms with Crippen LogP contribution in [0.4, 0.5) is 4.39 Å². The van der Waals surface area contributed by atoms with Gasteiger partial charge in [0.1, 0.15) is 12.9 Å². The Kier molecular flexibility index (Phi) is 6.21. The average molecular weight is 291 g/mol. The summed E-state index contributed by atoms with van der Waals surface area (Å²) in [5.41, 5.74) is 2.30. The zero-order valence-corrected chi connectivity index (χ0v) is 11.5. The van der Waals surface area contributed by atoms with Crippen LogP contribution in [0.1, 0.15) is 16.7 Å². The minimum Gasteiger partial charge on any atom is -0.399 e. The van der Waals surface area contributed by atoms with Crippen molar-refractivity contribution < 1.29 is 9.23 Å². The number of nitrogens with zero attached hydrogens (tertiary/aromatic N) is 2. The Morgan fingerprint density at radius 3 is 2.55 bits per heavy atom. The zero-order chi connectivity index (χ0) is 13.5. The fourth-order valence-electron chi connectivity index (χ4n) is 1.39. The van der Waals surface area contributed by atoms with Crippen molar-refractivity contribution in [3.8, 4) is 11.8 Å². The van der Waals surface area contributed by atoms with Gasteiger partial charge in [-0.1, -0.05) is 17.0 Å². The molecule has 0 spiro atoms. The molecule has 0 aliphatic carbocycles. The van der Waals surface area contributed by atoms with Crippen molar-refractivity contribution in [2.45, 2.75) is 0 Å². The van der Waals surface area contributed by atoms with Crippen molar-refractivity contribution in [1.29, 1.82) is 0 Å². The molecule has 1 heterocycles. The Morgan fingerprint density at radius 2 is 1.85 bits per heavy atom. The molecule has 2 aromatic rings. The number of halogens is 2. The fraction of sp³-hybridized carbons (Fsp3) is 0.0667. The third kappa shape index (κ3) is 4.71. The first kappa shape index (κ1) is 15.7. The summed E-state index contributed by atoms with van der Waals surface area (Å²) in [4.78, 5) is 8.65. The smallest absolute Gasteiger partial charge is 0.123 e. The van der Waals surface area contributed by atoms with E-state index in [9.17, 15) is 4.39 Å². The van der Waals surface area contributed by atoms with Crippen molar-refractivity contribution in [3.05, 3.63) is 65.2 Å². The highest BCUT2D eigenvalue weighted by Crippen LogP contribution is 2.03. The number of pyridine rings is 1. The van der Waals surface area contributed by atoms with Gasteiger partial charge >= 0.3 is 0 Å². The lowest BCUT2D eigenvalue weighted by atomic mass is 10.2. The van der Waals surface area contributed by atoms with Gasteiger partial charge in [-0.05, 0) is 30.3 Å². The molecule has 0 radical (unpaired) electrons. The van der Waals surface area contributed by atoms with E-state index >= 15 is 0 Å². The molecule has 0 amide bonds. The summed E-state index contributed by atoms with van der Waals surface area (Å²) >= 11 is 0. The second kappa shape index (κ2) is 7.93. The lowest BCUT2D eigenvalue weighted by molar-refractivity contribution is 0.215. The maximum Gasteiger partial charge on any atom is 0.123 e. The van der Waals surface area contributed by atoms with Gasteiger partial charge in [-0.25, -0.2) is 4.39 Å². The van der Waals surface area contributed by atoms with Gasteiger partial charge in [0.2, 0.25) is 0 Å². The molecule has 0 atom stereocenters. The number of rotatable bonds is 2. The van der Waals surface area contributed by atoms with Crippen molar-refractivity contribution in [3.63, 3.8) is 0 Å². The van der Waals surface area contributed by atoms with Crippen molar-refractivity contribution in [2.24, 2.45) is 5.16 Å². The van der Waals surface area contributed by atoms with E-state index in [0.29, 0.717) is 0 Å². The maximum absolute atomic E-state index is 12.7. The maximum atomic E-state index is 12.7. The van der Waals surface area contributed by atoms with Crippen LogP contribution in [0.2, 0.25) is 0 Å². The number of aromatic nitrogens is 1. The van der Waals surface area contributed by atoms with E-state index in [-0.39, 0.29) is 18.2 Å². The highest BCUT2D eigenvalue weighted by Gasteiger charge is 1.92. The van der Waals surface area contributed by atoms with Crippen molar-refractivity contribution in [2.75, 3.05) is 7.11 Å². The molecule has 0 unspecified atom stereocenters. The van der Waals surface area contributed by atoms with Gasteiger partial charge in [0.05, 0.1) is 6.21 Å². The van der Waals surface area contributed by atoms with Crippen LogP contribution in [0, 0.1) is 17.7 Å². The summed E-state index contributed by atoms with van der Waals surface area (Å²) in [6, 6.07) is 7.86. The van der Waals surface area contributed by atoms with Gasteiger partial charge in [-0.15, -0.1) is 12.4 Å². The molecule has 102 valence electrons. The predicted molar refractivity (Wildman–Crippen MR) is 78.5 cm³/mol. The molecule has 5 heteroatoms. The lowest BCUT2D eigenvalue weighted by Gasteiger charge is -1.93. The predicted octanol–water partition coefficient (Wildman–Crippen LogP) is 3.02. The molecule has 0 aliphatic rings. The summed E-state index contributed by atoms with van der Waals surface area (Å²) in [5, 5.41) is 3.66. The minimum absolute atomic E-state index is 0. The molecule has 0 N–H and O–H groups in total. The van der Waals surface area contributed by atoms with Gasteiger partial charge in [-0.3, -0.25) is 4.98 Å². The van der Waals surface area contributed by atoms with Crippen LogP contribution < -0.4 is 0 Å². The SMILES string of the molecule is CON=Cc1cncc(C#Cc2ccc(F)cc2)c1.Cl. The first-order valence-corrected chi connectivity index (χ1v) is 5.57. The number of hydrogen-bond donors (Lipinski definition) is 0. The standard InChI is InChI=1S/C15H11FN2O.ClH/c1-19-18-11-14-8-13(9-17-10-14)3-2-12-4-6-15(16)7-5-12;/h4-11H,1H3;1H. The molecular weight excluding hydrogens is 279 g/mol. The van der Waals surface area contributed by atoms with E-state index in [1.54, 1.807) is 30.7 Å². The van der Waals surface area contributed by atoms with E-state index in [1.165, 1.54) is 19.2 Å². The fourth-order valence-corrected chi connectivity index (χ4v) is 1.39. The Hall–Kier alpha value is -2.38. The second-order valence-electron chi connectivity index (χ2n) is 3.68. The van der Waals surface area contributed by atoms with Crippen LogP contribution in [0.15, 0.2) is 47.9 Å². The van der Waals surface area contributed by atoms with Gasteiger partial charge < -0.3 is 4.84 Å². The number of oxime groups is 1. The zero-order valence-electron chi connectivity index (χ0n) is 10.7. The van der Waals surface area contributed by atoms with Gasteiger partial charge in [-0.2, -0.15) is 0 Å². The van der Waals surface area contributed by atoms with E-state index in [2.05, 4.69) is 26.8 Å². The number of hydrogen-bond acceptors (Lipinski definition) is 3. The first-order chi connectivity index (χ1) is 9.28. The molecular formula is C15H12ClFN2O. The molecule has 1 aromatic carbocycles. The topological polar surface area (TPSA) is 34.5 Å². The van der Waals surface area contributed by atoms with Gasteiger partial charge in [0.15, 0.2) is 0 Å². The Balaban J connectivity index is 0.00000200. The van der Waals surface area contributed by atoms with Crippen molar-refractivity contribution in [1.82, 2.24) is 4.98 Å². The third-order valence-corrected chi connectivity index (χ3v) is 2.26. The van der Waals surface area contributed by atoms with Crippen LogP contribution in [0.25, 0.3) is 0 Å². The Bertz CT molecular complexity index is 645. The number of benzene rings is 1. The monoisotopic (exact) mass is 290 g/mol. The Labute approximate surface area is 122 Å². The molecule has 3 nitrogen and oxygen atoms in total. The highest BCUT2D eigenvalue weighted by atomic mass is 35.5. The van der Waals surface area contributed by atoms with Crippen LogP contribution in [-0.2, 0) is 4.84 Å². The highest BCUT2D eigenvalue weighted by molar-refractivity contribution is 5.85. The van der Waals surface area contributed by atoms with E-state index in [4.69, 9.17) is 0 Å². The molecule has 20 heavy (non-hydrogen) atoms. The van der Waals surface area contributed by atoms with Gasteiger partial charge in [0.25, 0.3) is 0 Å². The first-order valence-electron chi connectivity index (χ1n) is 5.57. The van der Waals surface area contributed by atoms with E-state index in [1.807, 2.05) is 6.07 Å². The minimum atomic E-state index is -0.273. The largest absolute Gasteiger partial charge is 0.399 e. The molecule has 2 rings (SSSR count). The molecule has 0 bridgehead atoms. The summed E-state index contributed by atoms with van der Waals surface area (Å²) in [7, 11) is 1.47. The molecule has 0 saturated carbocycles. The molecule has 0 aliphatic heterocycles. The van der Waals surface area contributed by atoms with E-state index < -0.39 is 0 Å². The second-order valence-corrected chi connectivity index (χ2v) is 3.68. The molecule has 0 saturated heterocycles. The van der Waals surface area contributed by atoms with Crippen molar-refractivity contribution >= 4 is 18.6 Å². The summed E-state index contributed by atoms with van der Waals surface area (Å²) in [6.45, 7) is 0. The summed E-state index contributed by atoms with van der Waals surface area (Å²) < 4.78 is 12.7. The van der Waals surface area contributed by atoms with Gasteiger partial charge in [0, 0.05) is 29.1 Å². The van der Waals surface area contributed by atoms with Crippen LogP contribution >= 0.6 is 12.4 Å². The summed E-state index contributed by atoms with van der Waals surface area (Å²) in [6.07, 6.45) is 4.86. The van der Waals surface area contributed by atoms with E-state index in [0.717, 1.165) is 16.7 Å². The van der Waals surface area contributed by atoms with Crippen LogP contribution in [0.5, 0.6) is 0 Å². The van der Waals surface area contributed by atoms with Crippen LogP contribution in [-0.4, -0.2) is 18.3 Å². The van der Waals surface area contributed by atoms with Crippen LogP contribution in [0.3, 0.4) is 0 Å². The third-order valence-electron chi connectivity index (χ3n) is 2.26. The lowest BCUT2D eigenvalue weighted by Crippen LogP contribution is -1.86. The Morgan fingerprint density at radius 1 is 1.15 bits per heavy atom. The summed E-state index contributed by atoms with van der Waals surface area (Å²) in [5.74, 6) is 5.63. The average Bonchev–Trinajstić information content (AvgIpc) is 2.45. The quantitative estimate of drug-likeness (QED) is 0.484. The molecule has 1 aromatic heterocycles.